The van der Waals surface area contributed by atoms with Gasteiger partial charge in [-0.05, 0) is 0 Å². The molecule has 0 aliphatic carbocycles. The third kappa shape index (κ3) is 4.70. The molecule has 5 rings (SSSR count). The summed E-state index contributed by atoms with van der Waals surface area (Å²) < 4.78 is 6.77. The minimum atomic E-state index is -1.47. The molecule has 0 bridgehead atoms. The van der Waals surface area contributed by atoms with E-state index in [-0.39, 0.29) is 28.8 Å². The molecular formula is C22H20N8O6S2. The highest BCUT2D eigenvalue weighted by Gasteiger charge is 2.53. The van der Waals surface area contributed by atoms with Crippen LogP contribution in [0.1, 0.15) is 11.6 Å². The molecule has 2 aliphatic rings. The Labute approximate surface area is 223 Å². The van der Waals surface area contributed by atoms with Gasteiger partial charge in [0.05, 0.1) is 11.7 Å². The van der Waals surface area contributed by atoms with Gasteiger partial charge < -0.3 is 30.3 Å². The van der Waals surface area contributed by atoms with Crippen molar-refractivity contribution in [3.63, 3.8) is 0 Å². The first-order valence-corrected chi connectivity index (χ1v) is 13.0. The second-order valence-electron chi connectivity index (χ2n) is 8.19. The smallest absolute Gasteiger partial charge is 0.276 e. The molecule has 2 aliphatic heterocycles. The summed E-state index contributed by atoms with van der Waals surface area (Å²) >= 11 is 2.45. The number of nitrogens with zero attached hydrogens (tertiary/aromatic N) is 6. The van der Waals surface area contributed by atoms with Crippen LogP contribution in [0.5, 0.6) is 0 Å². The van der Waals surface area contributed by atoms with Crippen LogP contribution < -0.4 is 20.7 Å². The highest BCUT2D eigenvalue weighted by molar-refractivity contribution is 8.00. The zero-order chi connectivity index (χ0) is 27.0. The van der Waals surface area contributed by atoms with E-state index < -0.39 is 29.2 Å². The van der Waals surface area contributed by atoms with Crippen molar-refractivity contribution < 1.29 is 33.4 Å². The molecule has 38 heavy (non-hydrogen) atoms. The van der Waals surface area contributed by atoms with Gasteiger partial charge in [-0.2, -0.15) is 4.98 Å². The molecule has 2 atom stereocenters. The van der Waals surface area contributed by atoms with Gasteiger partial charge >= 0.3 is 0 Å². The van der Waals surface area contributed by atoms with E-state index in [4.69, 9.17) is 15.1 Å². The number of carbonyl (C=O) groups excluding carboxylic acids is 3. The molecule has 14 nitrogen and oxygen atoms in total. The fourth-order valence-corrected chi connectivity index (χ4v) is 5.93. The van der Waals surface area contributed by atoms with Crippen molar-refractivity contribution in [1.82, 2.24) is 25.3 Å². The number of nitrogen functional groups attached to an aromatic ring is 1. The number of oxime groups is 1. The predicted octanol–water partition coefficient (Wildman–Crippen LogP) is -1.17. The molecule has 0 aromatic carbocycles. The maximum atomic E-state index is 13.0. The average molecular weight is 557 g/mol. The maximum absolute atomic E-state index is 13.0. The van der Waals surface area contributed by atoms with Gasteiger partial charge in [-0.25, -0.2) is 9.55 Å². The predicted molar refractivity (Wildman–Crippen MR) is 132 cm³/mol. The van der Waals surface area contributed by atoms with Crippen LogP contribution in [0.25, 0.3) is 11.4 Å². The number of fused-ring (bicyclic) bond motifs is 1. The van der Waals surface area contributed by atoms with Crippen LogP contribution in [-0.4, -0.2) is 67.8 Å². The zero-order valence-corrected chi connectivity index (χ0v) is 21.6. The van der Waals surface area contributed by atoms with E-state index >= 15 is 0 Å². The number of nitrogens with two attached hydrogens (primary N) is 1. The van der Waals surface area contributed by atoms with E-state index in [9.17, 15) is 19.5 Å². The van der Waals surface area contributed by atoms with Crippen LogP contribution in [0.15, 0.2) is 50.9 Å². The van der Waals surface area contributed by atoms with Gasteiger partial charge in [-0.3, -0.25) is 14.5 Å². The van der Waals surface area contributed by atoms with Crippen molar-refractivity contribution in [3.8, 4) is 11.4 Å². The van der Waals surface area contributed by atoms with Crippen molar-refractivity contribution >= 4 is 51.7 Å². The SMILES string of the molecule is CO/N=C(\C(=O)N[C@@H]1C(=O)N2C(C(=O)[O-])=C(C[n+]3ccc(-c4noc(C)n4)cc3)CS[C@H]12)c1csc(N)n1. The summed E-state index contributed by atoms with van der Waals surface area (Å²) in [7, 11) is 1.27. The molecule has 196 valence electrons. The van der Waals surface area contributed by atoms with Crippen LogP contribution in [-0.2, 0) is 25.8 Å². The second-order valence-corrected chi connectivity index (χ2v) is 10.2. The van der Waals surface area contributed by atoms with Crippen molar-refractivity contribution in [1.29, 1.82) is 0 Å². The molecule has 0 spiro atoms. The van der Waals surface area contributed by atoms with E-state index in [0.29, 0.717) is 23.0 Å². The third-order valence-corrected chi connectivity index (χ3v) is 7.75. The van der Waals surface area contributed by atoms with Crippen molar-refractivity contribution in [2.24, 2.45) is 5.16 Å². The highest BCUT2D eigenvalue weighted by atomic mass is 32.2. The highest BCUT2D eigenvalue weighted by Crippen LogP contribution is 2.40. The number of aliphatic carboxylic acids is 1. The van der Waals surface area contributed by atoms with Crippen molar-refractivity contribution in [2.45, 2.75) is 24.9 Å². The first kappa shape index (κ1) is 25.3. The lowest BCUT2D eigenvalue weighted by atomic mass is 10.0. The van der Waals surface area contributed by atoms with Gasteiger partial charge in [0.15, 0.2) is 29.8 Å². The number of thiazole rings is 1. The Bertz CT molecular complexity index is 1480. The molecule has 5 heterocycles. The maximum Gasteiger partial charge on any atom is 0.276 e. The molecule has 0 unspecified atom stereocenters. The van der Waals surface area contributed by atoms with E-state index in [2.05, 4.69) is 25.6 Å². The largest absolute Gasteiger partial charge is 0.543 e. The van der Waals surface area contributed by atoms with Crippen molar-refractivity contribution in [2.75, 3.05) is 18.6 Å². The Morgan fingerprint density at radius 3 is 2.74 bits per heavy atom. The quantitative estimate of drug-likeness (QED) is 0.147. The number of carboxylic acid groups (broad SMARTS) is 1. The first-order chi connectivity index (χ1) is 18.3. The molecule has 3 aromatic heterocycles. The average Bonchev–Trinajstić information content (AvgIpc) is 3.53. The molecule has 0 saturated carbocycles. The minimum absolute atomic E-state index is 0.153. The van der Waals surface area contributed by atoms with Gasteiger partial charge in [0, 0.05) is 41.3 Å². The van der Waals surface area contributed by atoms with Crippen molar-refractivity contribution in [3.05, 3.63) is 52.8 Å². The number of nitrogens with one attached hydrogen (secondary N) is 1. The number of carbonyl (C=O) groups is 3. The second kappa shape index (κ2) is 10.2. The number of aromatic nitrogens is 4. The molecule has 0 radical (unpaired) electrons. The number of thioether (sulfide) groups is 1. The summed E-state index contributed by atoms with van der Waals surface area (Å²) in [4.78, 5) is 52.1. The van der Waals surface area contributed by atoms with E-state index in [1.807, 2.05) is 0 Å². The number of anilines is 1. The number of carboxylic acids is 1. The number of aryl methyl sites for hydroxylation is 1. The van der Waals surface area contributed by atoms with Crippen LogP contribution in [0.4, 0.5) is 5.13 Å². The topological polar surface area (TPSA) is 193 Å². The summed E-state index contributed by atoms with van der Waals surface area (Å²) in [6, 6.07) is 2.59. The summed E-state index contributed by atoms with van der Waals surface area (Å²) in [6.07, 6.45) is 3.50. The Balaban J connectivity index is 1.32. The summed E-state index contributed by atoms with van der Waals surface area (Å²) in [6.45, 7) is 1.91. The van der Waals surface area contributed by atoms with E-state index in [1.54, 1.807) is 36.0 Å². The number of β-lactam (4-membered cyclic amide) rings is 1. The van der Waals surface area contributed by atoms with E-state index in [0.717, 1.165) is 21.8 Å². The third-order valence-electron chi connectivity index (χ3n) is 5.74. The Morgan fingerprint density at radius 2 is 2.13 bits per heavy atom. The van der Waals surface area contributed by atoms with Gasteiger partial charge in [-0.1, -0.05) is 10.3 Å². The fourth-order valence-electron chi connectivity index (χ4n) is 4.04. The molecule has 2 amide bonds. The molecule has 3 aromatic rings. The molecule has 16 heteroatoms. The molecule has 3 N–H and O–H groups in total. The lowest BCUT2D eigenvalue weighted by Crippen LogP contribution is -2.71. The molecular weight excluding hydrogens is 536 g/mol. The number of amides is 2. The standard InChI is InChI=1S/C22H20N8O6S2/c1-10-24-17(28-36-10)11-3-5-29(6-4-11)7-12-8-37-20-15(19(32)30(20)16(12)21(33)34)26-18(31)14(27-35-2)13-9-38-22(23)25-13/h3-6,9,15,20H,7-8H2,1-2H3,(H3-,23,25,26,31,33,34)/b27-14-/t15-,20-/m1/s1. The lowest BCUT2D eigenvalue weighted by Gasteiger charge is -2.50. The Hall–Kier alpha value is -4.31. The Kier molecular flexibility index (Phi) is 6.81. The van der Waals surface area contributed by atoms with Gasteiger partial charge in [0.2, 0.25) is 11.7 Å². The summed E-state index contributed by atoms with van der Waals surface area (Å²) in [5, 5.41) is 23.4. The Morgan fingerprint density at radius 1 is 1.37 bits per heavy atom. The molecule has 1 fully saturated rings. The van der Waals surface area contributed by atoms with Gasteiger partial charge in [0.25, 0.3) is 11.8 Å². The van der Waals surface area contributed by atoms with Gasteiger partial charge in [0.1, 0.15) is 24.2 Å². The number of pyridine rings is 1. The van der Waals surface area contributed by atoms with Gasteiger partial charge in [-0.15, -0.1) is 23.1 Å². The van der Waals surface area contributed by atoms with Crippen LogP contribution >= 0.6 is 23.1 Å². The number of hydrogen-bond donors (Lipinski definition) is 2. The monoisotopic (exact) mass is 556 g/mol. The lowest BCUT2D eigenvalue weighted by molar-refractivity contribution is -0.689. The minimum Gasteiger partial charge on any atom is -0.543 e. The summed E-state index contributed by atoms with van der Waals surface area (Å²) in [5.74, 6) is -1.55. The van der Waals surface area contributed by atoms with Crippen LogP contribution in [0.3, 0.4) is 0 Å². The first-order valence-electron chi connectivity index (χ1n) is 11.1. The normalized spacial score (nSPS) is 19.2. The number of hydrogen-bond acceptors (Lipinski definition) is 13. The zero-order valence-electron chi connectivity index (χ0n) is 20.0. The van der Waals surface area contributed by atoms with Crippen LogP contribution in [0, 0.1) is 6.92 Å². The van der Waals surface area contributed by atoms with Crippen LogP contribution in [0.2, 0.25) is 0 Å². The fraction of sp³-hybridized carbons (Fsp3) is 0.273. The summed E-state index contributed by atoms with van der Waals surface area (Å²) in [5.41, 5.74) is 6.72. The number of rotatable bonds is 8. The van der Waals surface area contributed by atoms with E-state index in [1.165, 1.54) is 24.3 Å². The molecule has 1 saturated heterocycles.